The molecule has 0 saturated carbocycles. The molecule has 1 unspecified atom stereocenters. The number of fused-ring (bicyclic) bond motifs is 1. The lowest BCUT2D eigenvalue weighted by molar-refractivity contribution is 0.0684. The van der Waals surface area contributed by atoms with Crippen molar-refractivity contribution in [3.63, 3.8) is 0 Å². The van der Waals surface area contributed by atoms with E-state index in [4.69, 9.17) is 27.4 Å². The van der Waals surface area contributed by atoms with Crippen LogP contribution in [0, 0.1) is 0 Å². The Bertz CT molecular complexity index is 639. The Morgan fingerprint density at radius 2 is 2.30 bits per heavy atom. The molecule has 1 saturated heterocycles. The number of hydrogen-bond donors (Lipinski definition) is 1. The SMILES string of the molecule is NC(=S)c1cnc2ccccc2c1OCC1CCCO1. The molecule has 0 amide bonds. The minimum atomic E-state index is 0.154. The van der Waals surface area contributed by atoms with E-state index in [0.29, 0.717) is 22.9 Å². The van der Waals surface area contributed by atoms with E-state index in [0.717, 1.165) is 30.4 Å². The molecule has 5 heteroatoms. The van der Waals surface area contributed by atoms with Crippen LogP contribution in [0.4, 0.5) is 0 Å². The molecular weight excluding hydrogens is 272 g/mol. The highest BCUT2D eigenvalue weighted by Gasteiger charge is 2.18. The van der Waals surface area contributed by atoms with Crippen molar-refractivity contribution < 1.29 is 9.47 Å². The van der Waals surface area contributed by atoms with Crippen molar-refractivity contribution in [2.75, 3.05) is 13.2 Å². The first-order valence-corrected chi connectivity index (χ1v) is 7.08. The van der Waals surface area contributed by atoms with Crippen LogP contribution in [-0.4, -0.2) is 29.3 Å². The van der Waals surface area contributed by atoms with Crippen LogP contribution < -0.4 is 10.5 Å². The van der Waals surface area contributed by atoms with Crippen molar-refractivity contribution in [2.45, 2.75) is 18.9 Å². The third kappa shape index (κ3) is 2.59. The molecule has 1 atom stereocenters. The summed E-state index contributed by atoms with van der Waals surface area (Å²) < 4.78 is 11.5. The first kappa shape index (κ1) is 13.3. The zero-order valence-corrected chi connectivity index (χ0v) is 11.9. The fraction of sp³-hybridized carbons (Fsp3) is 0.333. The Morgan fingerprint density at radius 3 is 3.05 bits per heavy atom. The van der Waals surface area contributed by atoms with Gasteiger partial charge in [0.05, 0.1) is 17.2 Å². The molecule has 2 heterocycles. The van der Waals surface area contributed by atoms with Crippen molar-refractivity contribution in [1.29, 1.82) is 0 Å². The highest BCUT2D eigenvalue weighted by atomic mass is 32.1. The van der Waals surface area contributed by atoms with Crippen LogP contribution >= 0.6 is 12.2 Å². The Labute approximate surface area is 122 Å². The fourth-order valence-corrected chi connectivity index (χ4v) is 2.54. The minimum absolute atomic E-state index is 0.154. The van der Waals surface area contributed by atoms with E-state index in [1.165, 1.54) is 0 Å². The van der Waals surface area contributed by atoms with Crippen LogP contribution in [0.5, 0.6) is 5.75 Å². The molecule has 0 bridgehead atoms. The Morgan fingerprint density at radius 1 is 1.45 bits per heavy atom. The van der Waals surface area contributed by atoms with Crippen molar-refractivity contribution in [1.82, 2.24) is 4.98 Å². The highest BCUT2D eigenvalue weighted by molar-refractivity contribution is 7.80. The first-order chi connectivity index (χ1) is 9.75. The van der Waals surface area contributed by atoms with Gasteiger partial charge in [0.25, 0.3) is 0 Å². The van der Waals surface area contributed by atoms with Gasteiger partial charge in [-0.3, -0.25) is 4.98 Å². The summed E-state index contributed by atoms with van der Waals surface area (Å²) in [6, 6.07) is 7.80. The summed E-state index contributed by atoms with van der Waals surface area (Å²) in [5.41, 5.74) is 7.32. The van der Waals surface area contributed by atoms with Crippen LogP contribution in [0.25, 0.3) is 10.9 Å². The van der Waals surface area contributed by atoms with Gasteiger partial charge >= 0.3 is 0 Å². The predicted molar refractivity (Wildman–Crippen MR) is 82.1 cm³/mol. The second-order valence-corrected chi connectivity index (χ2v) is 5.27. The van der Waals surface area contributed by atoms with Crippen molar-refractivity contribution in [3.05, 3.63) is 36.0 Å². The number of thiocarbonyl (C=S) groups is 1. The van der Waals surface area contributed by atoms with Gasteiger partial charge in [0.2, 0.25) is 0 Å². The molecular formula is C15H16N2O2S. The number of aromatic nitrogens is 1. The van der Waals surface area contributed by atoms with Gasteiger partial charge in [-0.1, -0.05) is 24.4 Å². The lowest BCUT2D eigenvalue weighted by atomic mass is 10.1. The largest absolute Gasteiger partial charge is 0.489 e. The number of nitrogens with zero attached hydrogens (tertiary/aromatic N) is 1. The van der Waals surface area contributed by atoms with E-state index < -0.39 is 0 Å². The maximum absolute atomic E-state index is 5.96. The van der Waals surface area contributed by atoms with Gasteiger partial charge in [-0.25, -0.2) is 0 Å². The molecule has 0 spiro atoms. The lowest BCUT2D eigenvalue weighted by Gasteiger charge is -2.16. The summed E-state index contributed by atoms with van der Waals surface area (Å²) in [6.07, 6.45) is 3.95. The molecule has 104 valence electrons. The van der Waals surface area contributed by atoms with Gasteiger partial charge in [0, 0.05) is 18.2 Å². The van der Waals surface area contributed by atoms with Crippen molar-refractivity contribution in [2.24, 2.45) is 5.73 Å². The monoisotopic (exact) mass is 288 g/mol. The van der Waals surface area contributed by atoms with Crippen LogP contribution in [0.1, 0.15) is 18.4 Å². The summed E-state index contributed by atoms with van der Waals surface area (Å²) in [5, 5.41) is 0.927. The van der Waals surface area contributed by atoms with Crippen LogP contribution in [0.3, 0.4) is 0 Å². The predicted octanol–water partition coefficient (Wildman–Crippen LogP) is 2.43. The average molecular weight is 288 g/mol. The third-order valence-corrected chi connectivity index (χ3v) is 3.65. The fourth-order valence-electron chi connectivity index (χ4n) is 2.40. The molecule has 1 fully saturated rings. The second kappa shape index (κ2) is 5.73. The molecule has 0 aliphatic carbocycles. The summed E-state index contributed by atoms with van der Waals surface area (Å²) in [4.78, 5) is 4.66. The Hall–Kier alpha value is -1.72. The number of nitrogens with two attached hydrogens (primary N) is 1. The van der Waals surface area contributed by atoms with Crippen LogP contribution in [0.15, 0.2) is 30.5 Å². The number of pyridine rings is 1. The summed E-state index contributed by atoms with van der Waals surface area (Å²) in [6.45, 7) is 1.33. The Balaban J connectivity index is 1.96. The molecule has 2 aromatic rings. The molecule has 1 aliphatic heterocycles. The van der Waals surface area contributed by atoms with Crippen molar-refractivity contribution >= 4 is 28.1 Å². The normalized spacial score (nSPS) is 18.3. The van der Waals surface area contributed by atoms with E-state index in [-0.39, 0.29) is 6.10 Å². The van der Waals surface area contributed by atoms with Gasteiger partial charge in [-0.15, -0.1) is 0 Å². The number of rotatable bonds is 4. The first-order valence-electron chi connectivity index (χ1n) is 6.67. The van der Waals surface area contributed by atoms with Crippen molar-refractivity contribution in [3.8, 4) is 5.75 Å². The van der Waals surface area contributed by atoms with E-state index in [9.17, 15) is 0 Å². The van der Waals surface area contributed by atoms with Gasteiger partial charge in [-0.2, -0.15) is 0 Å². The zero-order valence-electron chi connectivity index (χ0n) is 11.0. The molecule has 1 aromatic carbocycles. The molecule has 20 heavy (non-hydrogen) atoms. The number of ether oxygens (including phenoxy) is 2. The molecule has 1 aromatic heterocycles. The molecule has 1 aliphatic rings. The topological polar surface area (TPSA) is 57.4 Å². The number of benzene rings is 1. The maximum Gasteiger partial charge on any atom is 0.140 e. The van der Waals surface area contributed by atoms with E-state index in [2.05, 4.69) is 4.98 Å². The van der Waals surface area contributed by atoms with E-state index >= 15 is 0 Å². The standard InChI is InChI=1S/C15H16N2O2S/c16-15(20)12-8-17-13-6-2-1-5-11(13)14(12)19-9-10-4-3-7-18-10/h1-2,5-6,8,10H,3-4,7,9H2,(H2,16,20). The lowest BCUT2D eigenvalue weighted by Crippen LogP contribution is -2.19. The zero-order chi connectivity index (χ0) is 13.9. The molecule has 2 N–H and O–H groups in total. The quantitative estimate of drug-likeness (QED) is 0.876. The summed E-state index contributed by atoms with van der Waals surface area (Å²) >= 11 is 5.09. The number of hydrogen-bond acceptors (Lipinski definition) is 4. The minimum Gasteiger partial charge on any atom is -0.489 e. The highest BCUT2D eigenvalue weighted by Crippen LogP contribution is 2.29. The second-order valence-electron chi connectivity index (χ2n) is 4.83. The van der Waals surface area contributed by atoms with Gasteiger partial charge in [-0.05, 0) is 25.0 Å². The Kier molecular flexibility index (Phi) is 3.80. The van der Waals surface area contributed by atoms with Gasteiger partial charge < -0.3 is 15.2 Å². The van der Waals surface area contributed by atoms with Crippen LogP contribution in [-0.2, 0) is 4.74 Å². The summed E-state index contributed by atoms with van der Waals surface area (Å²) in [7, 11) is 0. The molecule has 0 radical (unpaired) electrons. The smallest absolute Gasteiger partial charge is 0.140 e. The maximum atomic E-state index is 5.96. The van der Waals surface area contributed by atoms with E-state index in [1.807, 2.05) is 24.3 Å². The van der Waals surface area contributed by atoms with E-state index in [1.54, 1.807) is 6.20 Å². The van der Waals surface area contributed by atoms with Crippen LogP contribution in [0.2, 0.25) is 0 Å². The third-order valence-electron chi connectivity index (χ3n) is 3.43. The molecule has 4 nitrogen and oxygen atoms in total. The average Bonchev–Trinajstić information content (AvgIpc) is 2.97. The van der Waals surface area contributed by atoms with Gasteiger partial charge in [0.1, 0.15) is 17.3 Å². The summed E-state index contributed by atoms with van der Waals surface area (Å²) in [5.74, 6) is 0.707. The molecule has 3 rings (SSSR count). The number of para-hydroxylation sites is 1. The van der Waals surface area contributed by atoms with Gasteiger partial charge in [0.15, 0.2) is 0 Å².